The Kier molecular flexibility index (Phi) is 5.68. The van der Waals surface area contributed by atoms with Gasteiger partial charge in [0.1, 0.15) is 5.82 Å². The Morgan fingerprint density at radius 3 is 2.71 bits per heavy atom. The van der Waals surface area contributed by atoms with E-state index < -0.39 is 17.1 Å². The van der Waals surface area contributed by atoms with Gasteiger partial charge in [0.25, 0.3) is 5.56 Å². The maximum Gasteiger partial charge on any atom is 0.329 e. The third-order valence-corrected chi connectivity index (χ3v) is 5.16. The zero-order valence-electron chi connectivity index (χ0n) is 16.5. The Morgan fingerprint density at radius 1 is 1.19 bits per heavy atom. The molecule has 2 N–H and O–H groups in total. The highest BCUT2D eigenvalue weighted by atomic mass is 35.5. The maximum atomic E-state index is 14.0. The minimum Gasteiger partial charge on any atom is -0.303 e. The van der Waals surface area contributed by atoms with E-state index in [0.717, 1.165) is 5.56 Å². The standard InChI is InChI=1S/C21H18ClFN6O2/c1-28-18-17(19(30)26-21(28)31)29(11-10-13-6-3-2-4-7-13)20(25-18)27-24-12-14-15(22)8-5-9-16(14)23/h2-9,12H,10-11H2,1H3,(H,25,27)(H,26,30,31)/b24-12-. The fraction of sp³-hybridized carbons (Fsp3) is 0.143. The van der Waals surface area contributed by atoms with Crippen LogP contribution in [0.3, 0.4) is 0 Å². The van der Waals surface area contributed by atoms with Crippen molar-refractivity contribution >= 4 is 34.9 Å². The van der Waals surface area contributed by atoms with E-state index in [1.54, 1.807) is 10.6 Å². The van der Waals surface area contributed by atoms with Gasteiger partial charge in [-0.05, 0) is 24.1 Å². The van der Waals surface area contributed by atoms with Crippen LogP contribution in [-0.4, -0.2) is 25.3 Å². The molecule has 2 heterocycles. The van der Waals surface area contributed by atoms with Crippen LogP contribution in [0.1, 0.15) is 11.1 Å². The number of benzene rings is 2. The zero-order valence-corrected chi connectivity index (χ0v) is 17.2. The molecule has 0 aliphatic rings. The third-order valence-electron chi connectivity index (χ3n) is 4.83. The molecule has 0 aliphatic carbocycles. The van der Waals surface area contributed by atoms with Crippen molar-refractivity contribution < 1.29 is 4.39 Å². The number of aryl methyl sites for hydroxylation is 3. The van der Waals surface area contributed by atoms with E-state index in [9.17, 15) is 14.0 Å². The van der Waals surface area contributed by atoms with Gasteiger partial charge in [0.15, 0.2) is 11.2 Å². The van der Waals surface area contributed by atoms with Crippen molar-refractivity contribution in [2.45, 2.75) is 13.0 Å². The predicted octanol–water partition coefficient (Wildman–Crippen LogP) is 2.90. The highest BCUT2D eigenvalue weighted by Gasteiger charge is 2.17. The summed E-state index contributed by atoms with van der Waals surface area (Å²) >= 11 is 6.02. The molecule has 4 aromatic rings. The lowest BCUT2D eigenvalue weighted by Crippen LogP contribution is -2.29. The van der Waals surface area contributed by atoms with Gasteiger partial charge in [-0.15, -0.1) is 0 Å². The second-order valence-corrected chi connectivity index (χ2v) is 7.23. The molecule has 0 spiro atoms. The SMILES string of the molecule is Cn1c(=O)[nH]c(=O)c2c1nc(N/N=C\c1c(F)cccc1Cl)n2CCc1ccccc1. The average Bonchev–Trinajstić information content (AvgIpc) is 3.12. The molecule has 0 aliphatic heterocycles. The molecular formula is C21H18ClFN6O2. The minimum absolute atomic E-state index is 0.119. The van der Waals surface area contributed by atoms with Gasteiger partial charge >= 0.3 is 5.69 Å². The zero-order chi connectivity index (χ0) is 22.0. The number of hydrogen-bond acceptors (Lipinski definition) is 5. The lowest BCUT2D eigenvalue weighted by molar-refractivity contribution is 0.626. The first-order chi connectivity index (χ1) is 15.0. The maximum absolute atomic E-state index is 14.0. The normalized spacial score (nSPS) is 11.5. The Morgan fingerprint density at radius 2 is 1.97 bits per heavy atom. The van der Waals surface area contributed by atoms with Crippen molar-refractivity contribution in [1.29, 1.82) is 0 Å². The van der Waals surface area contributed by atoms with E-state index in [2.05, 4.69) is 20.5 Å². The molecular weight excluding hydrogens is 423 g/mol. The molecule has 0 atom stereocenters. The summed E-state index contributed by atoms with van der Waals surface area (Å²) in [4.78, 5) is 31.2. The quantitative estimate of drug-likeness (QED) is 0.356. The molecule has 158 valence electrons. The Bertz CT molecular complexity index is 1370. The molecule has 4 rings (SSSR count). The topological polar surface area (TPSA) is 97.1 Å². The molecule has 0 saturated heterocycles. The summed E-state index contributed by atoms with van der Waals surface area (Å²) in [5.41, 5.74) is 3.26. The fourth-order valence-corrected chi connectivity index (χ4v) is 3.42. The van der Waals surface area contributed by atoms with Gasteiger partial charge in [-0.1, -0.05) is 48.0 Å². The molecule has 0 radical (unpaired) electrons. The van der Waals surface area contributed by atoms with Gasteiger partial charge in [0.2, 0.25) is 5.95 Å². The summed E-state index contributed by atoms with van der Waals surface area (Å²) in [7, 11) is 1.52. The number of anilines is 1. The highest BCUT2D eigenvalue weighted by Crippen LogP contribution is 2.18. The molecule has 2 aromatic heterocycles. The molecule has 0 bridgehead atoms. The van der Waals surface area contributed by atoms with Crippen LogP contribution in [0.25, 0.3) is 11.2 Å². The molecule has 10 heteroatoms. The number of H-pyrrole nitrogens is 1. The number of nitrogens with zero attached hydrogens (tertiary/aromatic N) is 4. The van der Waals surface area contributed by atoms with Crippen molar-refractivity contribution in [1.82, 2.24) is 19.1 Å². The number of imidazole rings is 1. The summed E-state index contributed by atoms with van der Waals surface area (Å²) in [5.74, 6) is -0.282. The molecule has 0 amide bonds. The largest absolute Gasteiger partial charge is 0.329 e. The first kappa shape index (κ1) is 20.5. The number of halogens is 2. The van der Waals surface area contributed by atoms with Gasteiger partial charge in [0, 0.05) is 19.2 Å². The fourth-order valence-electron chi connectivity index (χ4n) is 3.21. The Balaban J connectivity index is 1.73. The van der Waals surface area contributed by atoms with E-state index in [1.165, 1.54) is 30.0 Å². The lowest BCUT2D eigenvalue weighted by atomic mass is 10.1. The molecule has 8 nitrogen and oxygen atoms in total. The summed E-state index contributed by atoms with van der Waals surface area (Å²) in [6.45, 7) is 0.403. The van der Waals surface area contributed by atoms with E-state index in [4.69, 9.17) is 11.6 Å². The van der Waals surface area contributed by atoms with Crippen molar-refractivity contribution in [3.05, 3.63) is 91.3 Å². The number of fused-ring (bicyclic) bond motifs is 1. The summed E-state index contributed by atoms with van der Waals surface area (Å²) < 4.78 is 16.9. The van der Waals surface area contributed by atoms with Crippen LogP contribution in [0.5, 0.6) is 0 Å². The van der Waals surface area contributed by atoms with E-state index >= 15 is 0 Å². The number of nitrogens with one attached hydrogen (secondary N) is 2. The van der Waals surface area contributed by atoms with Gasteiger partial charge in [-0.2, -0.15) is 10.1 Å². The molecule has 31 heavy (non-hydrogen) atoms. The van der Waals surface area contributed by atoms with Crippen molar-refractivity contribution in [2.24, 2.45) is 12.1 Å². The van der Waals surface area contributed by atoms with Gasteiger partial charge < -0.3 is 4.57 Å². The van der Waals surface area contributed by atoms with E-state index in [-0.39, 0.29) is 27.7 Å². The van der Waals surface area contributed by atoms with E-state index in [1.807, 2.05) is 30.3 Å². The predicted molar refractivity (Wildman–Crippen MR) is 118 cm³/mol. The van der Waals surface area contributed by atoms with Crippen molar-refractivity contribution in [2.75, 3.05) is 5.43 Å². The number of hydrazone groups is 1. The van der Waals surface area contributed by atoms with Crippen LogP contribution in [0, 0.1) is 5.82 Å². The first-order valence-electron chi connectivity index (χ1n) is 9.42. The lowest BCUT2D eigenvalue weighted by Gasteiger charge is -2.08. The van der Waals surface area contributed by atoms with Crippen LogP contribution in [0.4, 0.5) is 10.3 Å². The number of aromatic amines is 1. The molecule has 0 unspecified atom stereocenters. The molecule has 0 saturated carbocycles. The summed E-state index contributed by atoms with van der Waals surface area (Å²) in [6, 6.07) is 14.1. The van der Waals surface area contributed by atoms with Crippen LogP contribution >= 0.6 is 11.6 Å². The summed E-state index contributed by atoms with van der Waals surface area (Å²) in [6.07, 6.45) is 1.86. The van der Waals surface area contributed by atoms with Gasteiger partial charge in [0.05, 0.1) is 11.2 Å². The van der Waals surface area contributed by atoms with Crippen LogP contribution in [0.2, 0.25) is 5.02 Å². The summed E-state index contributed by atoms with van der Waals surface area (Å²) in [5, 5.41) is 4.25. The Hall–Kier alpha value is -3.72. The number of hydrogen-bond donors (Lipinski definition) is 2. The smallest absolute Gasteiger partial charge is 0.303 e. The van der Waals surface area contributed by atoms with E-state index in [0.29, 0.717) is 13.0 Å². The second kappa shape index (κ2) is 8.57. The molecule has 2 aromatic carbocycles. The van der Waals surface area contributed by atoms with Crippen LogP contribution < -0.4 is 16.7 Å². The molecule has 0 fully saturated rings. The highest BCUT2D eigenvalue weighted by molar-refractivity contribution is 6.33. The first-order valence-corrected chi connectivity index (χ1v) is 9.80. The van der Waals surface area contributed by atoms with Crippen molar-refractivity contribution in [3.8, 4) is 0 Å². The third kappa shape index (κ3) is 4.13. The average molecular weight is 441 g/mol. The minimum atomic E-state index is -0.571. The Labute approximate surface area is 180 Å². The van der Waals surface area contributed by atoms with Gasteiger partial charge in [-0.3, -0.25) is 14.3 Å². The second-order valence-electron chi connectivity index (χ2n) is 6.82. The number of rotatable bonds is 6. The van der Waals surface area contributed by atoms with Gasteiger partial charge in [-0.25, -0.2) is 14.6 Å². The number of aromatic nitrogens is 4. The monoisotopic (exact) mass is 440 g/mol. The van der Waals surface area contributed by atoms with Crippen LogP contribution in [0.15, 0.2) is 63.2 Å². The van der Waals surface area contributed by atoms with Crippen LogP contribution in [-0.2, 0) is 20.0 Å². The van der Waals surface area contributed by atoms with Crippen molar-refractivity contribution in [3.63, 3.8) is 0 Å².